The largest absolute Gasteiger partial charge is 0.493 e. The topological polar surface area (TPSA) is 18.5 Å². The molecule has 0 N–H and O–H groups in total. The Bertz CT molecular complexity index is 462. The second-order valence-electron chi connectivity index (χ2n) is 4.65. The molecule has 0 saturated carbocycles. The molecular weight excluding hydrogens is 275 g/mol. The quantitative estimate of drug-likeness (QED) is 0.613. The van der Waals surface area contributed by atoms with Gasteiger partial charge in [-0.25, -0.2) is 4.39 Å². The Labute approximate surface area is 116 Å². The molecule has 2 atom stereocenters. The molecule has 2 nitrogen and oxygen atoms in total. The molecular formula is C13H15BF4O2. The van der Waals surface area contributed by atoms with Crippen molar-refractivity contribution >= 4 is 13.3 Å². The Morgan fingerprint density at radius 2 is 1.85 bits per heavy atom. The van der Waals surface area contributed by atoms with Gasteiger partial charge in [0.2, 0.25) is 0 Å². The summed E-state index contributed by atoms with van der Waals surface area (Å²) in [5, 5.41) is 0. The van der Waals surface area contributed by atoms with Crippen molar-refractivity contribution in [2.24, 2.45) is 5.92 Å². The fourth-order valence-corrected chi connectivity index (χ4v) is 1.69. The second kappa shape index (κ2) is 6.37. The lowest BCUT2D eigenvalue weighted by atomic mass is 9.95. The maximum Gasteiger partial charge on any atom is 0.389 e. The van der Waals surface area contributed by atoms with Crippen LogP contribution in [0.2, 0.25) is 0 Å². The molecule has 0 saturated heterocycles. The van der Waals surface area contributed by atoms with Gasteiger partial charge < -0.3 is 9.47 Å². The maximum absolute atomic E-state index is 13.8. The number of hydrogen-bond donors (Lipinski definition) is 0. The van der Waals surface area contributed by atoms with Crippen LogP contribution in [0.5, 0.6) is 11.5 Å². The molecule has 0 aliphatic heterocycles. The summed E-state index contributed by atoms with van der Waals surface area (Å²) in [7, 11) is 6.75. The zero-order valence-electron chi connectivity index (χ0n) is 11.4. The van der Waals surface area contributed by atoms with Gasteiger partial charge in [-0.2, -0.15) is 13.2 Å². The molecule has 1 rings (SSSR count). The van der Waals surface area contributed by atoms with E-state index < -0.39 is 30.4 Å². The highest BCUT2D eigenvalue weighted by atomic mass is 19.4. The van der Waals surface area contributed by atoms with Crippen molar-refractivity contribution in [2.45, 2.75) is 32.5 Å². The van der Waals surface area contributed by atoms with Gasteiger partial charge in [-0.1, -0.05) is 12.4 Å². The van der Waals surface area contributed by atoms with Crippen molar-refractivity contribution in [2.75, 3.05) is 7.11 Å². The highest BCUT2D eigenvalue weighted by Crippen LogP contribution is 2.33. The molecule has 0 heterocycles. The van der Waals surface area contributed by atoms with Crippen LogP contribution in [0.3, 0.4) is 0 Å². The van der Waals surface area contributed by atoms with Crippen molar-refractivity contribution in [1.29, 1.82) is 0 Å². The van der Waals surface area contributed by atoms with E-state index in [1.54, 1.807) is 0 Å². The SMILES string of the molecule is [B]c1cc(F)c(O[C@H](C)[C@H](C)CC(F)(F)F)c(OC)c1. The first-order valence-electron chi connectivity index (χ1n) is 6.00. The maximum atomic E-state index is 13.8. The molecule has 0 unspecified atom stereocenters. The van der Waals surface area contributed by atoms with E-state index >= 15 is 0 Å². The first-order valence-corrected chi connectivity index (χ1v) is 6.00. The average molecular weight is 290 g/mol. The third-order valence-corrected chi connectivity index (χ3v) is 2.91. The zero-order valence-corrected chi connectivity index (χ0v) is 11.4. The molecule has 2 radical (unpaired) electrons. The van der Waals surface area contributed by atoms with Gasteiger partial charge in [-0.15, -0.1) is 0 Å². The highest BCUT2D eigenvalue weighted by Gasteiger charge is 2.33. The minimum absolute atomic E-state index is 0.0496. The molecule has 0 aliphatic carbocycles. The standard InChI is InChI=1S/C13H15BF4O2/c1-7(6-13(16,17)18)8(2)20-12-10(15)4-9(14)5-11(12)19-3/h4-5,7-8H,6H2,1-3H3/t7-,8-/m1/s1. The molecule has 0 fully saturated rings. The molecule has 7 heteroatoms. The number of alkyl halides is 3. The molecule has 0 spiro atoms. The van der Waals surface area contributed by atoms with Gasteiger partial charge in [-0.05, 0) is 19.1 Å². The smallest absolute Gasteiger partial charge is 0.389 e. The molecule has 1 aromatic rings. The average Bonchev–Trinajstić information content (AvgIpc) is 2.29. The van der Waals surface area contributed by atoms with Gasteiger partial charge >= 0.3 is 6.18 Å². The molecule has 0 aromatic heterocycles. The first-order chi connectivity index (χ1) is 9.14. The van der Waals surface area contributed by atoms with Crippen LogP contribution >= 0.6 is 0 Å². The fourth-order valence-electron chi connectivity index (χ4n) is 1.69. The van der Waals surface area contributed by atoms with Crippen LogP contribution in [0.4, 0.5) is 17.6 Å². The summed E-state index contributed by atoms with van der Waals surface area (Å²) in [6.45, 7) is 2.84. The molecule has 110 valence electrons. The predicted molar refractivity (Wildman–Crippen MR) is 68.3 cm³/mol. The summed E-state index contributed by atoms with van der Waals surface area (Å²) >= 11 is 0. The molecule has 0 amide bonds. The number of ether oxygens (including phenoxy) is 2. The second-order valence-corrected chi connectivity index (χ2v) is 4.65. The van der Waals surface area contributed by atoms with Crippen LogP contribution in [0.1, 0.15) is 20.3 Å². The van der Waals surface area contributed by atoms with Gasteiger partial charge in [0.25, 0.3) is 0 Å². The first kappa shape index (κ1) is 16.7. The Balaban J connectivity index is 2.87. The fraction of sp³-hybridized carbons (Fsp3) is 0.538. The molecule has 20 heavy (non-hydrogen) atoms. The number of hydrogen-bond acceptors (Lipinski definition) is 2. The van der Waals surface area contributed by atoms with E-state index in [0.717, 1.165) is 6.07 Å². The van der Waals surface area contributed by atoms with Gasteiger partial charge in [0.1, 0.15) is 7.85 Å². The summed E-state index contributed by atoms with van der Waals surface area (Å²) < 4.78 is 60.9. The Kier molecular flexibility index (Phi) is 5.31. The van der Waals surface area contributed by atoms with E-state index in [4.69, 9.17) is 17.3 Å². The van der Waals surface area contributed by atoms with Gasteiger partial charge in [0.15, 0.2) is 17.3 Å². The van der Waals surface area contributed by atoms with Crippen LogP contribution in [0.15, 0.2) is 12.1 Å². The van der Waals surface area contributed by atoms with E-state index in [-0.39, 0.29) is 17.0 Å². The van der Waals surface area contributed by atoms with Crippen molar-refractivity contribution < 1.29 is 27.0 Å². The third kappa shape index (κ3) is 4.61. The van der Waals surface area contributed by atoms with Crippen LogP contribution in [-0.4, -0.2) is 27.2 Å². The Morgan fingerprint density at radius 3 is 2.35 bits per heavy atom. The van der Waals surface area contributed by atoms with Crippen molar-refractivity contribution in [1.82, 2.24) is 0 Å². The van der Waals surface area contributed by atoms with E-state index in [2.05, 4.69) is 0 Å². The molecule has 0 aliphatic rings. The third-order valence-electron chi connectivity index (χ3n) is 2.91. The summed E-state index contributed by atoms with van der Waals surface area (Å²) in [6, 6.07) is 2.37. The van der Waals surface area contributed by atoms with Crippen LogP contribution in [-0.2, 0) is 0 Å². The number of benzene rings is 1. The normalized spacial score (nSPS) is 14.8. The number of halogens is 4. The highest BCUT2D eigenvalue weighted by molar-refractivity contribution is 6.32. The van der Waals surface area contributed by atoms with Crippen molar-refractivity contribution in [3.63, 3.8) is 0 Å². The van der Waals surface area contributed by atoms with E-state index in [0.29, 0.717) is 0 Å². The molecule has 0 bridgehead atoms. The Morgan fingerprint density at radius 1 is 1.25 bits per heavy atom. The van der Waals surface area contributed by atoms with E-state index in [1.807, 2.05) is 0 Å². The van der Waals surface area contributed by atoms with E-state index in [9.17, 15) is 17.6 Å². The number of rotatable bonds is 5. The number of methoxy groups -OCH3 is 1. The minimum Gasteiger partial charge on any atom is -0.493 e. The van der Waals surface area contributed by atoms with Gasteiger partial charge in [0.05, 0.1) is 13.2 Å². The van der Waals surface area contributed by atoms with E-state index in [1.165, 1.54) is 27.0 Å². The summed E-state index contributed by atoms with van der Waals surface area (Å²) in [6.07, 6.45) is -6.13. The van der Waals surface area contributed by atoms with Crippen LogP contribution in [0, 0.1) is 11.7 Å². The summed E-state index contributed by atoms with van der Waals surface area (Å²) in [5.74, 6) is -1.78. The lowest BCUT2D eigenvalue weighted by Gasteiger charge is -2.24. The molecule has 1 aromatic carbocycles. The Hall–Kier alpha value is -1.40. The van der Waals surface area contributed by atoms with Crippen molar-refractivity contribution in [3.05, 3.63) is 17.9 Å². The van der Waals surface area contributed by atoms with Gasteiger partial charge in [-0.3, -0.25) is 0 Å². The monoisotopic (exact) mass is 290 g/mol. The predicted octanol–water partition coefficient (Wildman–Crippen LogP) is 2.98. The summed E-state index contributed by atoms with van der Waals surface area (Å²) in [4.78, 5) is 0. The van der Waals surface area contributed by atoms with Crippen molar-refractivity contribution in [3.8, 4) is 11.5 Å². The van der Waals surface area contributed by atoms with Gasteiger partial charge in [0, 0.05) is 12.3 Å². The lowest BCUT2D eigenvalue weighted by molar-refractivity contribution is -0.148. The zero-order chi connectivity index (χ0) is 15.5. The van der Waals surface area contributed by atoms with Crippen LogP contribution in [0.25, 0.3) is 0 Å². The lowest BCUT2D eigenvalue weighted by Crippen LogP contribution is -2.27. The summed E-state index contributed by atoms with van der Waals surface area (Å²) in [5.41, 5.74) is 0.141. The van der Waals surface area contributed by atoms with Crippen LogP contribution < -0.4 is 14.9 Å². The minimum atomic E-state index is -4.29.